The van der Waals surface area contributed by atoms with Crippen LogP contribution in [0.4, 0.5) is 22.4 Å². The fraction of sp³-hybridized carbons (Fsp3) is 0.333. The van der Waals surface area contributed by atoms with Gasteiger partial charge in [-0.25, -0.2) is 9.18 Å². The molecular weight excluding hydrogens is 512 g/mol. The van der Waals surface area contributed by atoms with Crippen molar-refractivity contribution in [2.45, 2.75) is 62.7 Å². The van der Waals surface area contributed by atoms with Crippen molar-refractivity contribution >= 4 is 12.0 Å². The van der Waals surface area contributed by atoms with Crippen LogP contribution in [-0.2, 0) is 29.4 Å². The van der Waals surface area contributed by atoms with Crippen LogP contribution < -0.4 is 10.6 Å². The number of amides is 2. The van der Waals surface area contributed by atoms with Crippen LogP contribution in [0.2, 0.25) is 0 Å². The molecule has 0 aromatic heterocycles. The minimum absolute atomic E-state index is 0.0428. The van der Waals surface area contributed by atoms with Gasteiger partial charge in [0.25, 0.3) is 0 Å². The molecule has 0 aliphatic heterocycles. The summed E-state index contributed by atoms with van der Waals surface area (Å²) in [6, 6.07) is 17.3. The molecule has 1 aliphatic carbocycles. The summed E-state index contributed by atoms with van der Waals surface area (Å²) in [5, 5.41) is 14.9. The first-order chi connectivity index (χ1) is 18.5. The van der Waals surface area contributed by atoms with Gasteiger partial charge in [0, 0.05) is 18.9 Å². The maximum absolute atomic E-state index is 14.8. The first kappa shape index (κ1) is 28.1. The summed E-state index contributed by atoms with van der Waals surface area (Å²) in [6.45, 7) is 0. The third-order valence-electron chi connectivity index (χ3n) is 7.12. The SMILES string of the molecule is O=C(O)CCc1ccc(C(Cc2ccccc2)(NC(=O)NC2CCCC2)c2cc(F)cc(C(F)(F)F)c2)cc1. The zero-order valence-electron chi connectivity index (χ0n) is 21.2. The molecule has 0 heterocycles. The summed E-state index contributed by atoms with van der Waals surface area (Å²) < 4.78 is 56.1. The van der Waals surface area contributed by atoms with E-state index in [9.17, 15) is 27.2 Å². The van der Waals surface area contributed by atoms with Crippen LogP contribution in [-0.4, -0.2) is 23.1 Å². The van der Waals surface area contributed by atoms with E-state index in [0.717, 1.165) is 37.8 Å². The van der Waals surface area contributed by atoms with Gasteiger partial charge in [-0.05, 0) is 59.7 Å². The number of carbonyl (C=O) groups excluding carboxylic acids is 1. The number of carbonyl (C=O) groups is 2. The van der Waals surface area contributed by atoms with Crippen molar-refractivity contribution in [3.8, 4) is 0 Å². The molecule has 1 unspecified atom stereocenters. The molecular formula is C30H30F4N2O3. The van der Waals surface area contributed by atoms with Crippen molar-refractivity contribution in [1.82, 2.24) is 10.6 Å². The Morgan fingerprint density at radius 3 is 2.10 bits per heavy atom. The Labute approximate surface area is 224 Å². The third kappa shape index (κ3) is 7.16. The lowest BCUT2D eigenvalue weighted by molar-refractivity contribution is -0.138. The van der Waals surface area contributed by atoms with Crippen molar-refractivity contribution < 1.29 is 32.3 Å². The van der Waals surface area contributed by atoms with Crippen LogP contribution in [0, 0.1) is 5.82 Å². The van der Waals surface area contributed by atoms with E-state index in [1.807, 2.05) is 0 Å². The first-order valence-corrected chi connectivity index (χ1v) is 12.9. The summed E-state index contributed by atoms with van der Waals surface area (Å²) in [7, 11) is 0. The van der Waals surface area contributed by atoms with E-state index < -0.39 is 35.1 Å². The Morgan fingerprint density at radius 1 is 0.846 bits per heavy atom. The summed E-state index contributed by atoms with van der Waals surface area (Å²) in [4.78, 5) is 24.4. The molecule has 206 valence electrons. The number of hydrogen-bond donors (Lipinski definition) is 3. The number of benzene rings is 3. The highest BCUT2D eigenvalue weighted by Gasteiger charge is 2.40. The van der Waals surface area contributed by atoms with Crippen LogP contribution in [0.25, 0.3) is 0 Å². The largest absolute Gasteiger partial charge is 0.481 e. The van der Waals surface area contributed by atoms with Gasteiger partial charge in [-0.1, -0.05) is 67.4 Å². The number of carboxylic acids is 1. The highest BCUT2D eigenvalue weighted by atomic mass is 19.4. The number of aryl methyl sites for hydroxylation is 1. The molecule has 3 aromatic rings. The standard InChI is InChI=1S/C30H30F4N2O3/c31-25-17-23(16-24(18-25)30(32,33)34)29(19-21-6-2-1-3-7-21,36-28(39)35-26-8-4-5-9-26)22-13-10-20(11-14-22)12-15-27(37)38/h1-3,6-7,10-11,13-14,16-18,26H,4-5,8-9,12,15,19H2,(H,37,38)(H2,35,36,39). The third-order valence-corrected chi connectivity index (χ3v) is 7.12. The Morgan fingerprint density at radius 2 is 1.49 bits per heavy atom. The van der Waals surface area contributed by atoms with E-state index in [4.69, 9.17) is 5.11 Å². The Bertz CT molecular complexity index is 1290. The van der Waals surface area contributed by atoms with Crippen molar-refractivity contribution in [2.75, 3.05) is 0 Å². The number of nitrogens with one attached hydrogen (secondary N) is 2. The Kier molecular flexibility index (Phi) is 8.57. The van der Waals surface area contributed by atoms with Gasteiger partial charge in [0.15, 0.2) is 0 Å². The normalized spacial score (nSPS) is 15.5. The van der Waals surface area contributed by atoms with Gasteiger partial charge in [0.1, 0.15) is 5.82 Å². The molecule has 1 atom stereocenters. The second-order valence-electron chi connectivity index (χ2n) is 9.96. The van der Waals surface area contributed by atoms with Gasteiger partial charge in [-0.3, -0.25) is 4.79 Å². The molecule has 3 aromatic carbocycles. The lowest BCUT2D eigenvalue weighted by Gasteiger charge is -2.37. The molecule has 1 saturated carbocycles. The number of aliphatic carboxylic acids is 1. The fourth-order valence-corrected chi connectivity index (χ4v) is 5.15. The highest BCUT2D eigenvalue weighted by molar-refractivity contribution is 5.76. The van der Waals surface area contributed by atoms with Gasteiger partial charge < -0.3 is 15.7 Å². The molecule has 1 fully saturated rings. The molecule has 0 radical (unpaired) electrons. The summed E-state index contributed by atoms with van der Waals surface area (Å²) in [5.41, 5.74) is -0.931. The topological polar surface area (TPSA) is 78.4 Å². The van der Waals surface area contributed by atoms with Gasteiger partial charge in [-0.15, -0.1) is 0 Å². The number of halogens is 4. The van der Waals surface area contributed by atoms with Gasteiger partial charge in [-0.2, -0.15) is 13.2 Å². The van der Waals surface area contributed by atoms with Crippen LogP contribution in [0.5, 0.6) is 0 Å². The van der Waals surface area contributed by atoms with E-state index >= 15 is 0 Å². The number of urea groups is 1. The second-order valence-corrected chi connectivity index (χ2v) is 9.96. The molecule has 9 heteroatoms. The summed E-state index contributed by atoms with van der Waals surface area (Å²) in [6.07, 6.45) is -1.05. The number of rotatable bonds is 9. The van der Waals surface area contributed by atoms with Gasteiger partial charge >= 0.3 is 18.2 Å². The monoisotopic (exact) mass is 542 g/mol. The van der Waals surface area contributed by atoms with Crippen LogP contribution >= 0.6 is 0 Å². The van der Waals surface area contributed by atoms with Crippen LogP contribution in [0.1, 0.15) is 59.9 Å². The number of hydrogen-bond acceptors (Lipinski definition) is 2. The predicted octanol–water partition coefficient (Wildman–Crippen LogP) is 6.59. The van der Waals surface area contributed by atoms with E-state index in [2.05, 4.69) is 10.6 Å². The van der Waals surface area contributed by atoms with E-state index in [1.54, 1.807) is 54.6 Å². The highest BCUT2D eigenvalue weighted by Crippen LogP contribution is 2.38. The van der Waals surface area contributed by atoms with Crippen LogP contribution in [0.3, 0.4) is 0 Å². The van der Waals surface area contributed by atoms with Gasteiger partial charge in [0.2, 0.25) is 0 Å². The summed E-state index contributed by atoms with van der Waals surface area (Å²) in [5.74, 6) is -2.03. The molecule has 0 bridgehead atoms. The van der Waals surface area contributed by atoms with Crippen molar-refractivity contribution in [1.29, 1.82) is 0 Å². The molecule has 1 aliphatic rings. The zero-order chi connectivity index (χ0) is 28.0. The van der Waals surface area contributed by atoms with E-state index in [-0.39, 0.29) is 30.9 Å². The maximum Gasteiger partial charge on any atom is 0.416 e. The predicted molar refractivity (Wildman–Crippen MR) is 139 cm³/mol. The Hall–Kier alpha value is -3.88. The molecule has 0 spiro atoms. The molecule has 2 amide bonds. The smallest absolute Gasteiger partial charge is 0.416 e. The lowest BCUT2D eigenvalue weighted by atomic mass is 9.77. The minimum Gasteiger partial charge on any atom is -0.481 e. The number of carboxylic acid groups (broad SMARTS) is 1. The van der Waals surface area contributed by atoms with Crippen molar-refractivity contribution in [3.05, 3.63) is 106 Å². The molecule has 39 heavy (non-hydrogen) atoms. The van der Waals surface area contributed by atoms with E-state index in [0.29, 0.717) is 22.8 Å². The van der Waals surface area contributed by atoms with Crippen LogP contribution in [0.15, 0.2) is 72.8 Å². The maximum atomic E-state index is 14.8. The average molecular weight is 543 g/mol. The quantitative estimate of drug-likeness (QED) is 0.267. The fourth-order valence-electron chi connectivity index (χ4n) is 5.15. The van der Waals surface area contributed by atoms with Gasteiger partial charge in [0.05, 0.1) is 11.1 Å². The molecule has 4 rings (SSSR count). The molecule has 5 nitrogen and oxygen atoms in total. The Balaban J connectivity index is 1.86. The zero-order valence-corrected chi connectivity index (χ0v) is 21.2. The molecule has 3 N–H and O–H groups in total. The number of alkyl halides is 3. The van der Waals surface area contributed by atoms with Crippen molar-refractivity contribution in [2.24, 2.45) is 0 Å². The summed E-state index contributed by atoms with van der Waals surface area (Å²) >= 11 is 0. The first-order valence-electron chi connectivity index (χ1n) is 12.9. The molecule has 0 saturated heterocycles. The minimum atomic E-state index is -4.80. The lowest BCUT2D eigenvalue weighted by Crippen LogP contribution is -2.53. The second kappa shape index (κ2) is 11.9. The van der Waals surface area contributed by atoms with Crippen molar-refractivity contribution in [3.63, 3.8) is 0 Å². The van der Waals surface area contributed by atoms with E-state index in [1.165, 1.54) is 0 Å². The average Bonchev–Trinajstić information content (AvgIpc) is 3.40.